The normalized spacial score (nSPS) is 12.1. The van der Waals surface area contributed by atoms with Crippen LogP contribution in [0, 0.1) is 19.8 Å². The molecule has 146 valence electrons. The van der Waals surface area contributed by atoms with Gasteiger partial charge < -0.3 is 19.0 Å². The number of hydrogen-bond acceptors (Lipinski definition) is 5. The van der Waals surface area contributed by atoms with E-state index in [9.17, 15) is 14.4 Å². The van der Waals surface area contributed by atoms with Gasteiger partial charge in [-0.1, -0.05) is 13.8 Å². The van der Waals surface area contributed by atoms with Crippen molar-refractivity contribution in [2.75, 3.05) is 6.61 Å². The maximum absolute atomic E-state index is 12.5. The number of esters is 1. The SMILES string of the molecule is CCn1c(C)cc(C(=O)COC(=O)[C@@H](NC(=O)c2ccco2)C(C)C)c1C. The molecule has 2 heterocycles. The first-order chi connectivity index (χ1) is 12.8. The summed E-state index contributed by atoms with van der Waals surface area (Å²) in [6, 6.07) is 4.01. The van der Waals surface area contributed by atoms with Crippen molar-refractivity contribution < 1.29 is 23.5 Å². The number of carbonyl (C=O) groups excluding carboxylic acids is 3. The van der Waals surface area contributed by atoms with Gasteiger partial charge in [0, 0.05) is 23.5 Å². The fourth-order valence-electron chi connectivity index (χ4n) is 2.99. The molecule has 1 N–H and O–H groups in total. The molecule has 0 aromatic carbocycles. The Morgan fingerprint density at radius 2 is 1.96 bits per heavy atom. The van der Waals surface area contributed by atoms with Gasteiger partial charge in [-0.2, -0.15) is 0 Å². The Labute approximate surface area is 158 Å². The van der Waals surface area contributed by atoms with Crippen LogP contribution in [0.5, 0.6) is 0 Å². The standard InChI is InChI=1S/C20H26N2O5/c1-6-22-13(4)10-15(14(22)5)16(23)11-27-20(25)18(12(2)3)21-19(24)17-8-7-9-26-17/h7-10,12,18H,6,11H2,1-5H3,(H,21,24)/t18-/m0/s1. The molecule has 2 aromatic rings. The minimum atomic E-state index is -0.876. The molecule has 0 saturated heterocycles. The predicted octanol–water partition coefficient (Wildman–Crippen LogP) is 2.90. The number of carbonyl (C=O) groups is 3. The van der Waals surface area contributed by atoms with Crippen molar-refractivity contribution in [2.24, 2.45) is 5.92 Å². The van der Waals surface area contributed by atoms with Crippen LogP contribution in [0.2, 0.25) is 0 Å². The highest BCUT2D eigenvalue weighted by Crippen LogP contribution is 2.16. The lowest BCUT2D eigenvalue weighted by molar-refractivity contribution is -0.145. The van der Waals surface area contributed by atoms with Crippen molar-refractivity contribution in [2.45, 2.75) is 47.2 Å². The minimum absolute atomic E-state index is 0.108. The zero-order chi connectivity index (χ0) is 20.1. The summed E-state index contributed by atoms with van der Waals surface area (Å²) in [5, 5.41) is 2.59. The first-order valence-corrected chi connectivity index (χ1v) is 8.97. The van der Waals surface area contributed by atoms with Gasteiger partial charge in [0.25, 0.3) is 5.91 Å². The van der Waals surface area contributed by atoms with E-state index in [4.69, 9.17) is 9.15 Å². The molecule has 0 aliphatic carbocycles. The van der Waals surface area contributed by atoms with Crippen molar-refractivity contribution in [3.63, 3.8) is 0 Å². The molecular weight excluding hydrogens is 348 g/mol. The molecule has 0 fully saturated rings. The molecule has 7 heteroatoms. The van der Waals surface area contributed by atoms with E-state index in [1.54, 1.807) is 26.0 Å². The zero-order valence-electron chi connectivity index (χ0n) is 16.4. The molecule has 2 rings (SSSR count). The smallest absolute Gasteiger partial charge is 0.329 e. The maximum Gasteiger partial charge on any atom is 0.329 e. The summed E-state index contributed by atoms with van der Waals surface area (Å²) in [5.74, 6) is -1.53. The van der Waals surface area contributed by atoms with Crippen LogP contribution in [-0.2, 0) is 16.1 Å². The van der Waals surface area contributed by atoms with Crippen LogP contribution in [0.4, 0.5) is 0 Å². The monoisotopic (exact) mass is 374 g/mol. The number of nitrogens with one attached hydrogen (secondary N) is 1. The first kappa shape index (κ1) is 20.5. The number of rotatable bonds is 8. The fourth-order valence-corrected chi connectivity index (χ4v) is 2.99. The van der Waals surface area contributed by atoms with Gasteiger partial charge in [-0.05, 0) is 44.9 Å². The second-order valence-corrected chi connectivity index (χ2v) is 6.73. The van der Waals surface area contributed by atoms with Crippen LogP contribution in [0.15, 0.2) is 28.9 Å². The molecule has 0 unspecified atom stereocenters. The maximum atomic E-state index is 12.5. The molecule has 0 radical (unpaired) electrons. The first-order valence-electron chi connectivity index (χ1n) is 8.97. The number of Topliss-reactive ketones (excluding diaryl/α,β-unsaturated/α-hetero) is 1. The summed E-state index contributed by atoms with van der Waals surface area (Å²) in [6.45, 7) is 9.76. The average molecular weight is 374 g/mol. The predicted molar refractivity (Wildman–Crippen MR) is 99.7 cm³/mol. The lowest BCUT2D eigenvalue weighted by Gasteiger charge is -2.20. The van der Waals surface area contributed by atoms with Crippen molar-refractivity contribution >= 4 is 17.7 Å². The van der Waals surface area contributed by atoms with Crippen molar-refractivity contribution in [1.82, 2.24) is 9.88 Å². The number of aryl methyl sites for hydroxylation is 1. The van der Waals surface area contributed by atoms with Crippen LogP contribution in [0.1, 0.15) is 53.1 Å². The molecule has 0 spiro atoms. The highest BCUT2D eigenvalue weighted by molar-refractivity contribution is 6.00. The van der Waals surface area contributed by atoms with Crippen LogP contribution in [0.3, 0.4) is 0 Å². The number of hydrogen-bond donors (Lipinski definition) is 1. The van der Waals surface area contributed by atoms with Crippen LogP contribution in [-0.4, -0.2) is 34.9 Å². The molecule has 7 nitrogen and oxygen atoms in total. The summed E-state index contributed by atoms with van der Waals surface area (Å²) in [5.41, 5.74) is 2.38. The van der Waals surface area contributed by atoms with E-state index in [1.807, 2.05) is 25.3 Å². The van der Waals surface area contributed by atoms with E-state index in [1.165, 1.54) is 12.3 Å². The summed E-state index contributed by atoms with van der Waals surface area (Å²) >= 11 is 0. The second-order valence-electron chi connectivity index (χ2n) is 6.73. The van der Waals surface area contributed by atoms with E-state index in [2.05, 4.69) is 5.32 Å². The van der Waals surface area contributed by atoms with E-state index in [-0.39, 0.29) is 24.1 Å². The lowest BCUT2D eigenvalue weighted by Crippen LogP contribution is -2.45. The Morgan fingerprint density at radius 1 is 1.26 bits per heavy atom. The molecule has 0 saturated carbocycles. The summed E-state index contributed by atoms with van der Waals surface area (Å²) in [4.78, 5) is 37.0. The fraction of sp³-hybridized carbons (Fsp3) is 0.450. The molecule has 0 bridgehead atoms. The van der Waals surface area contributed by atoms with Crippen molar-refractivity contribution in [3.05, 3.63) is 47.2 Å². The zero-order valence-corrected chi connectivity index (χ0v) is 16.4. The Bertz CT molecular complexity index is 818. The van der Waals surface area contributed by atoms with E-state index < -0.39 is 17.9 Å². The van der Waals surface area contributed by atoms with E-state index in [0.29, 0.717) is 5.56 Å². The molecule has 1 amide bonds. The number of nitrogens with zero attached hydrogens (tertiary/aromatic N) is 1. The quantitative estimate of drug-likeness (QED) is 0.567. The molecule has 2 aromatic heterocycles. The Balaban J connectivity index is 2.01. The van der Waals surface area contributed by atoms with Crippen LogP contribution < -0.4 is 5.32 Å². The lowest BCUT2D eigenvalue weighted by atomic mass is 10.0. The third kappa shape index (κ3) is 4.67. The molecular formula is C20H26N2O5. The van der Waals surface area contributed by atoms with Gasteiger partial charge in [0.15, 0.2) is 12.4 Å². The van der Waals surface area contributed by atoms with Gasteiger partial charge in [0.1, 0.15) is 6.04 Å². The number of furan rings is 1. The summed E-state index contributed by atoms with van der Waals surface area (Å²) < 4.78 is 12.2. The van der Waals surface area contributed by atoms with Gasteiger partial charge in [0.2, 0.25) is 5.78 Å². The molecule has 1 atom stereocenters. The number of ether oxygens (including phenoxy) is 1. The summed E-state index contributed by atoms with van der Waals surface area (Å²) in [6.07, 6.45) is 1.38. The third-order valence-electron chi connectivity index (χ3n) is 4.49. The topological polar surface area (TPSA) is 90.5 Å². The van der Waals surface area contributed by atoms with Crippen molar-refractivity contribution in [1.29, 1.82) is 0 Å². The van der Waals surface area contributed by atoms with Gasteiger partial charge in [-0.3, -0.25) is 9.59 Å². The van der Waals surface area contributed by atoms with Crippen molar-refractivity contribution in [3.8, 4) is 0 Å². The Hall–Kier alpha value is -2.83. The van der Waals surface area contributed by atoms with E-state index in [0.717, 1.165) is 17.9 Å². The largest absolute Gasteiger partial charge is 0.459 e. The number of ketones is 1. The highest BCUT2D eigenvalue weighted by atomic mass is 16.5. The molecule has 0 aliphatic rings. The number of aromatic nitrogens is 1. The third-order valence-corrected chi connectivity index (χ3v) is 4.49. The van der Waals surface area contributed by atoms with Gasteiger partial charge in [0.05, 0.1) is 6.26 Å². The Morgan fingerprint density at radius 3 is 2.48 bits per heavy atom. The summed E-state index contributed by atoms with van der Waals surface area (Å²) in [7, 11) is 0. The van der Waals surface area contributed by atoms with Gasteiger partial charge in [-0.15, -0.1) is 0 Å². The second kappa shape index (κ2) is 8.70. The van der Waals surface area contributed by atoms with Crippen LogP contribution >= 0.6 is 0 Å². The Kier molecular flexibility index (Phi) is 6.60. The van der Waals surface area contributed by atoms with E-state index >= 15 is 0 Å². The number of amides is 1. The molecule has 27 heavy (non-hydrogen) atoms. The van der Waals surface area contributed by atoms with Crippen LogP contribution in [0.25, 0.3) is 0 Å². The van der Waals surface area contributed by atoms with Gasteiger partial charge in [-0.25, -0.2) is 4.79 Å². The van der Waals surface area contributed by atoms with Gasteiger partial charge >= 0.3 is 5.97 Å². The average Bonchev–Trinajstić information content (AvgIpc) is 3.25. The molecule has 0 aliphatic heterocycles. The highest BCUT2D eigenvalue weighted by Gasteiger charge is 2.28. The minimum Gasteiger partial charge on any atom is -0.459 e.